The fourth-order valence-electron chi connectivity index (χ4n) is 2.24. The van der Waals surface area contributed by atoms with Crippen molar-refractivity contribution in [3.05, 3.63) is 29.3 Å². The molecule has 1 aromatic carbocycles. The number of rotatable bonds is 8. The molecule has 0 aliphatic carbocycles. The minimum Gasteiger partial charge on any atom is -0.396 e. The van der Waals surface area contributed by atoms with Gasteiger partial charge in [-0.1, -0.05) is 12.1 Å². The largest absolute Gasteiger partial charge is 0.396 e. The molecule has 21 heavy (non-hydrogen) atoms. The second kappa shape index (κ2) is 8.10. The van der Waals surface area contributed by atoms with E-state index < -0.39 is 0 Å². The molecule has 1 aromatic heterocycles. The summed E-state index contributed by atoms with van der Waals surface area (Å²) in [7, 11) is 0. The van der Waals surface area contributed by atoms with Crippen LogP contribution in [-0.2, 0) is 11.2 Å². The van der Waals surface area contributed by atoms with E-state index in [-0.39, 0.29) is 18.6 Å². The Morgan fingerprint density at radius 2 is 2.19 bits per heavy atom. The maximum absolute atomic E-state index is 11.8. The van der Waals surface area contributed by atoms with Crippen molar-refractivity contribution in [1.29, 1.82) is 0 Å². The molecule has 0 saturated carbocycles. The maximum Gasteiger partial charge on any atom is 0.220 e. The molecule has 1 unspecified atom stereocenters. The first kappa shape index (κ1) is 15.9. The number of hydrogen-bond donors (Lipinski definition) is 2. The lowest BCUT2D eigenvalue weighted by Gasteiger charge is -2.12. The summed E-state index contributed by atoms with van der Waals surface area (Å²) in [5, 5.41) is 12.8. The number of carbonyl (C=O) groups excluding carboxylic acids is 1. The fraction of sp³-hybridized carbons (Fsp3) is 0.500. The van der Waals surface area contributed by atoms with Crippen molar-refractivity contribution in [3.8, 4) is 0 Å². The predicted octanol–water partition coefficient (Wildman–Crippen LogP) is 2.90. The Balaban J connectivity index is 1.72. The van der Waals surface area contributed by atoms with Crippen LogP contribution in [0.25, 0.3) is 10.2 Å². The molecule has 1 amide bonds. The molecular weight excluding hydrogens is 284 g/mol. The van der Waals surface area contributed by atoms with E-state index in [9.17, 15) is 4.79 Å². The molecule has 0 spiro atoms. The Hall–Kier alpha value is -1.46. The van der Waals surface area contributed by atoms with Crippen molar-refractivity contribution in [2.24, 2.45) is 0 Å². The molecule has 0 aliphatic rings. The Morgan fingerprint density at radius 3 is 2.95 bits per heavy atom. The smallest absolute Gasteiger partial charge is 0.220 e. The van der Waals surface area contributed by atoms with Gasteiger partial charge in [-0.2, -0.15) is 0 Å². The summed E-state index contributed by atoms with van der Waals surface area (Å²) in [5.74, 6) is 0.0848. The van der Waals surface area contributed by atoms with Crippen LogP contribution in [0.2, 0.25) is 0 Å². The molecule has 0 bridgehead atoms. The van der Waals surface area contributed by atoms with Crippen LogP contribution in [0, 0.1) is 0 Å². The highest BCUT2D eigenvalue weighted by Crippen LogP contribution is 2.22. The lowest BCUT2D eigenvalue weighted by molar-refractivity contribution is -0.121. The number of aromatic nitrogens is 1. The normalized spacial score (nSPS) is 12.5. The van der Waals surface area contributed by atoms with Crippen LogP contribution >= 0.6 is 11.3 Å². The summed E-state index contributed by atoms with van der Waals surface area (Å²) in [6.07, 6.45) is 3.74. The molecule has 114 valence electrons. The van der Waals surface area contributed by atoms with E-state index in [0.29, 0.717) is 6.42 Å². The van der Waals surface area contributed by atoms with Crippen LogP contribution in [-0.4, -0.2) is 28.6 Å². The number of nitrogens with one attached hydrogen (secondary N) is 1. The molecule has 2 N–H and O–H groups in total. The SMILES string of the molecule is CC(CCCO)NC(=O)CCCc1nc2ccccc2s1. The Labute approximate surface area is 129 Å². The molecule has 1 heterocycles. The number of aliphatic hydroxyl groups is 1. The van der Waals surface area contributed by atoms with E-state index >= 15 is 0 Å². The third kappa shape index (κ3) is 5.10. The summed E-state index contributed by atoms with van der Waals surface area (Å²) < 4.78 is 1.20. The quantitative estimate of drug-likeness (QED) is 0.788. The van der Waals surface area contributed by atoms with Crippen molar-refractivity contribution >= 4 is 27.5 Å². The van der Waals surface area contributed by atoms with Crippen LogP contribution in [0.1, 0.15) is 37.6 Å². The molecular formula is C16H22N2O2S. The first-order chi connectivity index (χ1) is 10.2. The van der Waals surface area contributed by atoms with Crippen LogP contribution < -0.4 is 5.32 Å². The minimum absolute atomic E-state index is 0.0848. The lowest BCUT2D eigenvalue weighted by Crippen LogP contribution is -2.32. The lowest BCUT2D eigenvalue weighted by atomic mass is 10.1. The van der Waals surface area contributed by atoms with E-state index in [1.807, 2.05) is 25.1 Å². The van der Waals surface area contributed by atoms with Gasteiger partial charge in [-0.25, -0.2) is 4.98 Å². The number of para-hydroxylation sites is 1. The number of carbonyl (C=O) groups is 1. The first-order valence-corrected chi connectivity index (χ1v) is 8.25. The maximum atomic E-state index is 11.8. The number of aliphatic hydroxyl groups excluding tert-OH is 1. The van der Waals surface area contributed by atoms with Gasteiger partial charge in [0, 0.05) is 19.1 Å². The van der Waals surface area contributed by atoms with Gasteiger partial charge < -0.3 is 10.4 Å². The molecule has 2 aromatic rings. The Kier molecular flexibility index (Phi) is 6.14. The third-order valence-corrected chi connectivity index (χ3v) is 4.43. The van der Waals surface area contributed by atoms with Crippen molar-refractivity contribution in [1.82, 2.24) is 10.3 Å². The monoisotopic (exact) mass is 306 g/mol. The molecule has 0 saturated heterocycles. The number of hydrogen-bond acceptors (Lipinski definition) is 4. The first-order valence-electron chi connectivity index (χ1n) is 7.43. The summed E-state index contributed by atoms with van der Waals surface area (Å²) in [6, 6.07) is 8.24. The van der Waals surface area contributed by atoms with Gasteiger partial charge in [0.15, 0.2) is 0 Å². The summed E-state index contributed by atoms with van der Waals surface area (Å²) in [4.78, 5) is 16.4. The number of amides is 1. The number of fused-ring (bicyclic) bond motifs is 1. The number of aryl methyl sites for hydroxylation is 1. The van der Waals surface area contributed by atoms with Crippen molar-refractivity contribution in [2.45, 2.75) is 45.1 Å². The predicted molar refractivity (Wildman–Crippen MR) is 86.5 cm³/mol. The van der Waals surface area contributed by atoms with Gasteiger partial charge in [0.05, 0.1) is 15.2 Å². The summed E-state index contributed by atoms with van der Waals surface area (Å²) in [6.45, 7) is 2.15. The molecule has 5 heteroatoms. The fourth-order valence-corrected chi connectivity index (χ4v) is 3.25. The highest BCUT2D eigenvalue weighted by molar-refractivity contribution is 7.18. The Morgan fingerprint density at radius 1 is 1.38 bits per heavy atom. The number of nitrogens with zero attached hydrogens (tertiary/aromatic N) is 1. The third-order valence-electron chi connectivity index (χ3n) is 3.34. The number of thiazole rings is 1. The van der Waals surface area contributed by atoms with Crippen molar-refractivity contribution < 1.29 is 9.90 Å². The van der Waals surface area contributed by atoms with E-state index in [2.05, 4.69) is 16.4 Å². The molecule has 2 rings (SSSR count). The average Bonchev–Trinajstić information content (AvgIpc) is 2.87. The van der Waals surface area contributed by atoms with Gasteiger partial charge in [0.1, 0.15) is 0 Å². The van der Waals surface area contributed by atoms with Gasteiger partial charge in [-0.05, 0) is 44.7 Å². The van der Waals surface area contributed by atoms with Crippen LogP contribution in [0.4, 0.5) is 0 Å². The van der Waals surface area contributed by atoms with E-state index in [1.165, 1.54) is 4.70 Å². The van der Waals surface area contributed by atoms with Crippen LogP contribution in [0.15, 0.2) is 24.3 Å². The van der Waals surface area contributed by atoms with Crippen LogP contribution in [0.3, 0.4) is 0 Å². The Bertz CT molecular complexity index is 549. The second-order valence-corrected chi connectivity index (χ2v) is 6.38. The van der Waals surface area contributed by atoms with Gasteiger partial charge in [-0.15, -0.1) is 11.3 Å². The molecule has 4 nitrogen and oxygen atoms in total. The zero-order valence-corrected chi connectivity index (χ0v) is 13.2. The van der Waals surface area contributed by atoms with Gasteiger partial charge in [0.25, 0.3) is 0 Å². The molecule has 0 aliphatic heterocycles. The van der Waals surface area contributed by atoms with Crippen LogP contribution in [0.5, 0.6) is 0 Å². The standard InChI is InChI=1S/C16H22N2O2S/c1-12(6-5-11-19)17-15(20)9-4-10-16-18-13-7-2-3-8-14(13)21-16/h2-3,7-8,12,19H,4-6,9-11H2,1H3,(H,17,20). The topological polar surface area (TPSA) is 62.2 Å². The average molecular weight is 306 g/mol. The van der Waals surface area contributed by atoms with Gasteiger partial charge in [0.2, 0.25) is 5.91 Å². The summed E-state index contributed by atoms with van der Waals surface area (Å²) in [5.41, 5.74) is 1.04. The molecule has 0 fully saturated rings. The van der Waals surface area contributed by atoms with Gasteiger partial charge >= 0.3 is 0 Å². The highest BCUT2D eigenvalue weighted by Gasteiger charge is 2.08. The number of benzene rings is 1. The van der Waals surface area contributed by atoms with Crippen molar-refractivity contribution in [3.63, 3.8) is 0 Å². The van der Waals surface area contributed by atoms with E-state index in [1.54, 1.807) is 11.3 Å². The van der Waals surface area contributed by atoms with Gasteiger partial charge in [-0.3, -0.25) is 4.79 Å². The minimum atomic E-state index is 0.0848. The second-order valence-electron chi connectivity index (χ2n) is 5.26. The van der Waals surface area contributed by atoms with E-state index in [4.69, 9.17) is 5.11 Å². The zero-order valence-electron chi connectivity index (χ0n) is 12.3. The molecule has 0 radical (unpaired) electrons. The van der Waals surface area contributed by atoms with E-state index in [0.717, 1.165) is 36.2 Å². The molecule has 1 atom stereocenters. The van der Waals surface area contributed by atoms with Crippen molar-refractivity contribution in [2.75, 3.05) is 6.61 Å². The summed E-state index contributed by atoms with van der Waals surface area (Å²) >= 11 is 1.70. The highest BCUT2D eigenvalue weighted by atomic mass is 32.1. The zero-order chi connectivity index (χ0) is 15.1.